The maximum absolute atomic E-state index is 12.4. The van der Waals surface area contributed by atoms with Gasteiger partial charge < -0.3 is 14.7 Å². The van der Waals surface area contributed by atoms with Gasteiger partial charge in [0.05, 0.1) is 0 Å². The summed E-state index contributed by atoms with van der Waals surface area (Å²) in [4.78, 5) is 14.8. The Labute approximate surface area is 180 Å². The summed E-state index contributed by atoms with van der Waals surface area (Å²) in [5, 5.41) is 7.09. The van der Waals surface area contributed by atoms with E-state index in [2.05, 4.69) is 51.9 Å². The van der Waals surface area contributed by atoms with Gasteiger partial charge >= 0.3 is 0 Å². The number of piperidine rings is 1. The largest absolute Gasteiger partial charge is 0.360 e. The normalized spacial score (nSPS) is 22.5. The molecule has 0 spiro atoms. The van der Waals surface area contributed by atoms with Gasteiger partial charge in [0.15, 0.2) is 5.69 Å². The molecule has 1 saturated heterocycles. The van der Waals surface area contributed by atoms with Crippen LogP contribution in [0.25, 0.3) is 0 Å². The molecule has 1 N–H and O–H groups in total. The van der Waals surface area contributed by atoms with E-state index in [1.807, 2.05) is 32.0 Å². The van der Waals surface area contributed by atoms with Crippen LogP contribution in [-0.2, 0) is 0 Å². The lowest BCUT2D eigenvalue weighted by molar-refractivity contribution is 0.0906. The third-order valence-corrected chi connectivity index (χ3v) is 6.69. The van der Waals surface area contributed by atoms with Crippen LogP contribution in [0.5, 0.6) is 0 Å². The number of aromatic nitrogens is 1. The summed E-state index contributed by atoms with van der Waals surface area (Å²) in [5.74, 6) is 1.23. The molecule has 8 heteroatoms. The molecular formula is C21H39N5O2S. The zero-order valence-electron chi connectivity index (χ0n) is 19.0. The van der Waals surface area contributed by atoms with Crippen LogP contribution < -0.4 is 5.32 Å². The van der Waals surface area contributed by atoms with Crippen molar-refractivity contribution < 1.29 is 9.32 Å². The molecule has 1 aliphatic heterocycles. The van der Waals surface area contributed by atoms with Gasteiger partial charge in [-0.15, -0.1) is 0 Å². The molecule has 2 heterocycles. The number of rotatable bonds is 9. The highest BCUT2D eigenvalue weighted by Crippen LogP contribution is 2.40. The van der Waals surface area contributed by atoms with Gasteiger partial charge in [-0.3, -0.25) is 4.79 Å². The third-order valence-electron chi connectivity index (χ3n) is 5.47. The first-order valence-electron chi connectivity index (χ1n) is 11.1. The van der Waals surface area contributed by atoms with E-state index in [-0.39, 0.29) is 11.9 Å². The van der Waals surface area contributed by atoms with E-state index in [1.165, 1.54) is 0 Å². The Hall–Kier alpha value is -1.09. The second kappa shape index (κ2) is 11.9. The molecule has 0 aromatic carbocycles. The Morgan fingerprint density at radius 2 is 2.03 bits per heavy atom. The van der Waals surface area contributed by atoms with Crippen molar-refractivity contribution in [3.8, 4) is 0 Å². The summed E-state index contributed by atoms with van der Waals surface area (Å²) in [5.41, 5.74) is 0.418. The third kappa shape index (κ3) is 7.59. The molecule has 1 aromatic rings. The predicted octanol–water partition coefficient (Wildman–Crippen LogP) is 3.61. The summed E-state index contributed by atoms with van der Waals surface area (Å²) in [7, 11) is 4.30. The van der Waals surface area contributed by atoms with E-state index in [4.69, 9.17) is 4.52 Å². The fourth-order valence-corrected chi connectivity index (χ4v) is 4.26. The van der Waals surface area contributed by atoms with Crippen LogP contribution in [0, 0.1) is 0 Å². The zero-order chi connectivity index (χ0) is 21.4. The summed E-state index contributed by atoms with van der Waals surface area (Å²) in [6.07, 6.45) is 4.20. The Bertz CT molecular complexity index is 622. The van der Waals surface area contributed by atoms with Crippen molar-refractivity contribution in [1.82, 2.24) is 24.0 Å². The molecule has 2 aliphatic rings. The van der Waals surface area contributed by atoms with Crippen LogP contribution in [0.3, 0.4) is 0 Å². The smallest absolute Gasteiger partial charge is 0.273 e. The van der Waals surface area contributed by atoms with Gasteiger partial charge in [0, 0.05) is 55.8 Å². The van der Waals surface area contributed by atoms with Crippen LogP contribution in [-0.4, -0.2) is 76.9 Å². The molecule has 2 unspecified atom stereocenters. The van der Waals surface area contributed by atoms with Gasteiger partial charge in [-0.05, 0) is 53.2 Å². The molecule has 1 amide bonds. The highest BCUT2D eigenvalue weighted by Gasteiger charge is 2.31. The number of hydrogen-bond donors (Lipinski definition) is 1. The van der Waals surface area contributed by atoms with Crippen molar-refractivity contribution in [1.29, 1.82) is 0 Å². The number of hydrogen-bond acceptors (Lipinski definition) is 7. The number of carbonyl (C=O) groups excluding carboxylic acids is 1. The van der Waals surface area contributed by atoms with Gasteiger partial charge in [-0.25, -0.2) is 8.61 Å². The summed E-state index contributed by atoms with van der Waals surface area (Å²) < 4.78 is 10.0. The van der Waals surface area contributed by atoms with Gasteiger partial charge in [0.25, 0.3) is 5.91 Å². The van der Waals surface area contributed by atoms with E-state index in [1.54, 1.807) is 0 Å². The van der Waals surface area contributed by atoms with Crippen LogP contribution >= 0.6 is 12.1 Å². The highest BCUT2D eigenvalue weighted by atomic mass is 32.2. The summed E-state index contributed by atoms with van der Waals surface area (Å²) >= 11 is 1.81. The minimum atomic E-state index is -0.108. The second-order valence-corrected chi connectivity index (χ2v) is 9.16. The van der Waals surface area contributed by atoms with Gasteiger partial charge in [-0.1, -0.05) is 25.9 Å². The monoisotopic (exact) mass is 425 g/mol. The van der Waals surface area contributed by atoms with E-state index in [9.17, 15) is 4.79 Å². The minimum Gasteiger partial charge on any atom is -0.360 e. The topological polar surface area (TPSA) is 64.8 Å². The first-order chi connectivity index (χ1) is 14.0. The molecule has 166 valence electrons. The first-order valence-corrected chi connectivity index (χ1v) is 11.8. The molecule has 3 rings (SSSR count). The van der Waals surface area contributed by atoms with Crippen molar-refractivity contribution in [2.24, 2.45) is 0 Å². The molecule has 29 heavy (non-hydrogen) atoms. The minimum absolute atomic E-state index is 0.108. The average Bonchev–Trinajstić information content (AvgIpc) is 3.46. The van der Waals surface area contributed by atoms with Crippen LogP contribution in [0.15, 0.2) is 10.6 Å². The van der Waals surface area contributed by atoms with Crippen LogP contribution in [0.1, 0.15) is 75.5 Å². The van der Waals surface area contributed by atoms with E-state index >= 15 is 0 Å². The van der Waals surface area contributed by atoms with Crippen LogP contribution in [0.2, 0.25) is 0 Å². The van der Waals surface area contributed by atoms with Gasteiger partial charge in [0.1, 0.15) is 5.76 Å². The molecule has 7 nitrogen and oxygen atoms in total. The molecule has 0 bridgehead atoms. The number of nitrogens with one attached hydrogen (secondary N) is 1. The lowest BCUT2D eigenvalue weighted by atomic mass is 10.0. The SMILES string of the molecule is CC.CCN(C)CCN(C)SN1CCC(NC(=O)c2cc(C3CC3)on2)CC1C. The lowest BCUT2D eigenvalue weighted by Gasteiger charge is -2.38. The molecule has 0 radical (unpaired) electrons. The maximum atomic E-state index is 12.4. The molecular weight excluding hydrogens is 386 g/mol. The van der Waals surface area contributed by atoms with Gasteiger partial charge in [-0.2, -0.15) is 0 Å². The Morgan fingerprint density at radius 3 is 2.66 bits per heavy atom. The quantitative estimate of drug-likeness (QED) is 0.606. The number of nitrogens with zero attached hydrogens (tertiary/aromatic N) is 4. The summed E-state index contributed by atoms with van der Waals surface area (Å²) in [6.45, 7) is 12.6. The number of likely N-dealkylation sites (N-methyl/N-ethyl adjacent to an activating group) is 2. The lowest BCUT2D eigenvalue weighted by Crippen LogP contribution is -2.47. The van der Waals surface area contributed by atoms with Crippen molar-refractivity contribution in [3.63, 3.8) is 0 Å². The Morgan fingerprint density at radius 1 is 1.31 bits per heavy atom. The molecule has 1 saturated carbocycles. The van der Waals surface area contributed by atoms with Crippen LogP contribution in [0.4, 0.5) is 0 Å². The predicted molar refractivity (Wildman–Crippen MR) is 120 cm³/mol. The molecule has 1 aliphatic carbocycles. The summed E-state index contributed by atoms with van der Waals surface area (Å²) in [6, 6.07) is 2.42. The number of carbonyl (C=O) groups is 1. The van der Waals surface area contributed by atoms with Crippen molar-refractivity contribution in [3.05, 3.63) is 17.5 Å². The Balaban J connectivity index is 0.00000145. The molecule has 1 aromatic heterocycles. The van der Waals surface area contributed by atoms with E-state index in [0.717, 1.165) is 57.6 Å². The molecule has 2 fully saturated rings. The van der Waals surface area contributed by atoms with E-state index < -0.39 is 0 Å². The van der Waals surface area contributed by atoms with Crippen molar-refractivity contribution >= 4 is 18.0 Å². The van der Waals surface area contributed by atoms with E-state index in [0.29, 0.717) is 17.7 Å². The Kier molecular flexibility index (Phi) is 9.95. The fourth-order valence-electron chi connectivity index (χ4n) is 3.31. The second-order valence-electron chi connectivity index (χ2n) is 7.90. The average molecular weight is 426 g/mol. The zero-order valence-corrected chi connectivity index (χ0v) is 19.8. The van der Waals surface area contributed by atoms with Crippen molar-refractivity contribution in [2.45, 2.75) is 71.4 Å². The van der Waals surface area contributed by atoms with Gasteiger partial charge in [0.2, 0.25) is 0 Å². The number of amides is 1. The standard InChI is InChI=1S/C19H33N5O2S.C2H6/c1-5-22(3)10-11-23(4)27-24-9-8-16(12-14(24)2)20-19(25)17-13-18(26-21-17)15-6-7-15;1-2/h13-16H,5-12H2,1-4H3,(H,20,25);1-2H3. The van der Waals surface area contributed by atoms with Crippen molar-refractivity contribution in [2.75, 3.05) is 40.3 Å². The first kappa shape index (κ1) is 24.2. The highest BCUT2D eigenvalue weighted by molar-refractivity contribution is 7.94. The fraction of sp³-hybridized carbons (Fsp3) is 0.810. The molecule has 2 atom stereocenters. The maximum Gasteiger partial charge on any atom is 0.273 e.